The predicted octanol–water partition coefficient (Wildman–Crippen LogP) is 2.40. The Morgan fingerprint density at radius 3 is 2.50 bits per heavy atom. The molecule has 3 N–H and O–H groups in total. The molecule has 0 bridgehead atoms. The van der Waals surface area contributed by atoms with Gasteiger partial charge in [0.05, 0.1) is 5.69 Å². The summed E-state index contributed by atoms with van der Waals surface area (Å²) in [6, 6.07) is 2.42. The first-order valence-electron chi connectivity index (χ1n) is 7.46. The third-order valence-electron chi connectivity index (χ3n) is 3.49. The van der Waals surface area contributed by atoms with E-state index in [0.717, 1.165) is 43.4 Å². The third-order valence-corrected chi connectivity index (χ3v) is 3.49. The van der Waals surface area contributed by atoms with Crippen molar-refractivity contribution in [3.05, 3.63) is 16.8 Å². The molecule has 0 radical (unpaired) electrons. The van der Waals surface area contributed by atoms with Gasteiger partial charge >= 0.3 is 0 Å². The van der Waals surface area contributed by atoms with E-state index in [1.807, 2.05) is 13.8 Å². The number of nitrogens with one attached hydrogen (secondary N) is 1. The molecule has 110 valence electrons. The second-order valence-electron chi connectivity index (χ2n) is 4.89. The van der Waals surface area contributed by atoms with Crippen molar-refractivity contribution in [2.24, 2.45) is 5.73 Å². The minimum absolute atomic E-state index is 0.147. The fraction of sp³-hybridized carbons (Fsp3) is 0.667. The first-order valence-corrected chi connectivity index (χ1v) is 7.46. The van der Waals surface area contributed by atoms with Crippen molar-refractivity contribution < 1.29 is 0 Å². The summed E-state index contributed by atoms with van der Waals surface area (Å²) >= 11 is 0. The number of anilines is 1. The standard InChI is InChI=1S/C15H25N5/c1-4-7-8-11(9-16)18-15-13(10-17)12(5-2)14(6-3)19-20-15/h11H,4-9,16H2,1-3H3,(H,18,20). The van der Waals surface area contributed by atoms with E-state index in [4.69, 9.17) is 5.73 Å². The van der Waals surface area contributed by atoms with Gasteiger partial charge in [-0.2, -0.15) is 10.4 Å². The van der Waals surface area contributed by atoms with Crippen LogP contribution in [0.15, 0.2) is 0 Å². The van der Waals surface area contributed by atoms with Crippen molar-refractivity contribution >= 4 is 5.82 Å². The van der Waals surface area contributed by atoms with Gasteiger partial charge in [-0.15, -0.1) is 5.10 Å². The highest BCUT2D eigenvalue weighted by atomic mass is 15.2. The van der Waals surface area contributed by atoms with E-state index >= 15 is 0 Å². The van der Waals surface area contributed by atoms with Gasteiger partial charge in [0, 0.05) is 12.6 Å². The van der Waals surface area contributed by atoms with Gasteiger partial charge in [-0.1, -0.05) is 33.6 Å². The SMILES string of the molecule is CCCCC(CN)Nc1nnc(CC)c(CC)c1C#N. The molecule has 0 aromatic carbocycles. The molecule has 1 heterocycles. The first-order chi connectivity index (χ1) is 9.71. The van der Waals surface area contributed by atoms with E-state index in [9.17, 15) is 5.26 Å². The van der Waals surface area contributed by atoms with Gasteiger partial charge in [0.1, 0.15) is 11.6 Å². The molecular formula is C15H25N5. The summed E-state index contributed by atoms with van der Waals surface area (Å²) in [5.41, 5.74) is 8.31. The Kier molecular flexibility index (Phi) is 6.96. The van der Waals surface area contributed by atoms with Crippen LogP contribution in [0.5, 0.6) is 0 Å². The average Bonchev–Trinajstić information content (AvgIpc) is 2.50. The topological polar surface area (TPSA) is 87.6 Å². The monoisotopic (exact) mass is 275 g/mol. The van der Waals surface area contributed by atoms with Crippen LogP contribution in [0, 0.1) is 11.3 Å². The maximum Gasteiger partial charge on any atom is 0.167 e. The van der Waals surface area contributed by atoms with Crippen LogP contribution in [0.3, 0.4) is 0 Å². The van der Waals surface area contributed by atoms with Crippen LogP contribution >= 0.6 is 0 Å². The summed E-state index contributed by atoms with van der Waals surface area (Å²) in [5.74, 6) is 0.577. The lowest BCUT2D eigenvalue weighted by molar-refractivity contribution is 0.610. The molecule has 1 aromatic rings. The maximum atomic E-state index is 9.42. The van der Waals surface area contributed by atoms with Gasteiger partial charge in [0.2, 0.25) is 0 Å². The number of aryl methyl sites for hydroxylation is 1. The molecular weight excluding hydrogens is 250 g/mol. The fourth-order valence-electron chi connectivity index (χ4n) is 2.29. The molecule has 0 saturated carbocycles. The summed E-state index contributed by atoms with van der Waals surface area (Å²) in [6.07, 6.45) is 4.80. The smallest absolute Gasteiger partial charge is 0.167 e. The largest absolute Gasteiger partial charge is 0.363 e. The van der Waals surface area contributed by atoms with Gasteiger partial charge in [-0.3, -0.25) is 0 Å². The van der Waals surface area contributed by atoms with Gasteiger partial charge in [-0.25, -0.2) is 0 Å². The Morgan fingerprint density at radius 1 is 1.25 bits per heavy atom. The lowest BCUT2D eigenvalue weighted by atomic mass is 10.0. The number of rotatable bonds is 8. The van der Waals surface area contributed by atoms with Crippen molar-refractivity contribution in [2.75, 3.05) is 11.9 Å². The second kappa shape index (κ2) is 8.49. The first kappa shape index (κ1) is 16.4. The zero-order chi connectivity index (χ0) is 15.0. The Balaban J connectivity index is 3.03. The summed E-state index contributed by atoms with van der Waals surface area (Å²) in [5, 5.41) is 21.1. The molecule has 1 rings (SSSR count). The summed E-state index contributed by atoms with van der Waals surface area (Å²) in [4.78, 5) is 0. The van der Waals surface area contributed by atoms with Crippen LogP contribution in [-0.2, 0) is 12.8 Å². The molecule has 1 aromatic heterocycles. The van der Waals surface area contributed by atoms with E-state index in [1.165, 1.54) is 0 Å². The Bertz CT molecular complexity index is 464. The predicted molar refractivity (Wildman–Crippen MR) is 81.5 cm³/mol. The highest BCUT2D eigenvalue weighted by Gasteiger charge is 2.16. The van der Waals surface area contributed by atoms with E-state index in [0.29, 0.717) is 17.9 Å². The zero-order valence-corrected chi connectivity index (χ0v) is 12.7. The van der Waals surface area contributed by atoms with Crippen molar-refractivity contribution in [2.45, 2.75) is 58.9 Å². The molecule has 0 amide bonds. The highest BCUT2D eigenvalue weighted by Crippen LogP contribution is 2.21. The molecule has 0 fully saturated rings. The molecule has 5 nitrogen and oxygen atoms in total. The summed E-state index contributed by atoms with van der Waals surface area (Å²) < 4.78 is 0. The fourth-order valence-corrected chi connectivity index (χ4v) is 2.29. The van der Waals surface area contributed by atoms with Crippen LogP contribution < -0.4 is 11.1 Å². The lowest BCUT2D eigenvalue weighted by Gasteiger charge is -2.19. The molecule has 1 unspecified atom stereocenters. The Labute approximate surface area is 121 Å². The highest BCUT2D eigenvalue weighted by molar-refractivity contribution is 5.56. The van der Waals surface area contributed by atoms with Crippen molar-refractivity contribution in [3.63, 3.8) is 0 Å². The number of unbranched alkanes of at least 4 members (excludes halogenated alkanes) is 1. The van der Waals surface area contributed by atoms with Crippen molar-refractivity contribution in [1.29, 1.82) is 5.26 Å². The molecule has 5 heteroatoms. The maximum absolute atomic E-state index is 9.42. The Morgan fingerprint density at radius 2 is 2.00 bits per heavy atom. The van der Waals surface area contributed by atoms with Crippen LogP contribution in [-0.4, -0.2) is 22.8 Å². The van der Waals surface area contributed by atoms with Crippen LogP contribution in [0.1, 0.15) is 56.9 Å². The molecule has 0 aliphatic carbocycles. The number of nitrogens with zero attached hydrogens (tertiary/aromatic N) is 3. The minimum Gasteiger partial charge on any atom is -0.363 e. The van der Waals surface area contributed by atoms with Gasteiger partial charge in [0.15, 0.2) is 5.82 Å². The number of nitriles is 1. The molecule has 20 heavy (non-hydrogen) atoms. The van der Waals surface area contributed by atoms with E-state index in [2.05, 4.69) is 28.5 Å². The van der Waals surface area contributed by atoms with Crippen LogP contribution in [0.25, 0.3) is 0 Å². The number of hydrogen-bond donors (Lipinski definition) is 2. The van der Waals surface area contributed by atoms with Crippen molar-refractivity contribution in [1.82, 2.24) is 10.2 Å². The summed E-state index contributed by atoms with van der Waals surface area (Å²) in [6.45, 7) is 6.75. The third kappa shape index (κ3) is 3.91. The molecule has 0 saturated heterocycles. The van der Waals surface area contributed by atoms with Crippen LogP contribution in [0.2, 0.25) is 0 Å². The quantitative estimate of drug-likeness (QED) is 0.760. The van der Waals surface area contributed by atoms with Gasteiger partial charge in [0.25, 0.3) is 0 Å². The molecule has 0 aliphatic heterocycles. The summed E-state index contributed by atoms with van der Waals surface area (Å²) in [7, 11) is 0. The lowest BCUT2D eigenvalue weighted by Crippen LogP contribution is -2.30. The van der Waals surface area contributed by atoms with Crippen LogP contribution in [0.4, 0.5) is 5.82 Å². The molecule has 0 aliphatic rings. The van der Waals surface area contributed by atoms with E-state index in [-0.39, 0.29) is 6.04 Å². The van der Waals surface area contributed by atoms with E-state index in [1.54, 1.807) is 0 Å². The van der Waals surface area contributed by atoms with Gasteiger partial charge in [-0.05, 0) is 24.8 Å². The number of aromatic nitrogens is 2. The number of hydrogen-bond acceptors (Lipinski definition) is 5. The molecule has 1 atom stereocenters. The normalized spacial score (nSPS) is 11.9. The zero-order valence-electron chi connectivity index (χ0n) is 12.7. The van der Waals surface area contributed by atoms with E-state index < -0.39 is 0 Å². The number of nitrogens with two attached hydrogens (primary N) is 1. The van der Waals surface area contributed by atoms with Gasteiger partial charge < -0.3 is 11.1 Å². The average molecular weight is 275 g/mol. The Hall–Kier alpha value is -1.67. The second-order valence-corrected chi connectivity index (χ2v) is 4.89. The molecule has 0 spiro atoms. The van der Waals surface area contributed by atoms with Crippen molar-refractivity contribution in [3.8, 4) is 6.07 Å². The minimum atomic E-state index is 0.147.